The van der Waals surface area contributed by atoms with Crippen molar-refractivity contribution in [1.82, 2.24) is 20.0 Å². The molecule has 1 atom stereocenters. The van der Waals surface area contributed by atoms with Crippen LogP contribution in [0, 0.1) is 17.1 Å². The Morgan fingerprint density at radius 2 is 1.90 bits per heavy atom. The van der Waals surface area contributed by atoms with Crippen LogP contribution in [0.25, 0.3) is 10.9 Å². The highest BCUT2D eigenvalue weighted by Crippen LogP contribution is 2.40. The summed E-state index contributed by atoms with van der Waals surface area (Å²) in [6.07, 6.45) is -0.155. The highest BCUT2D eigenvalue weighted by atomic mass is 35.5. The van der Waals surface area contributed by atoms with Gasteiger partial charge in [-0.25, -0.2) is 9.07 Å². The first-order valence-corrected chi connectivity index (χ1v) is 13.0. The van der Waals surface area contributed by atoms with Crippen molar-refractivity contribution in [3.05, 3.63) is 101 Å². The second kappa shape index (κ2) is 10.8. The summed E-state index contributed by atoms with van der Waals surface area (Å²) in [5, 5.41) is 24.7. The molecule has 1 aliphatic carbocycles. The monoisotopic (exact) mass is 594 g/mol. The van der Waals surface area contributed by atoms with Gasteiger partial charge in [0.1, 0.15) is 17.6 Å². The summed E-state index contributed by atoms with van der Waals surface area (Å²) < 4.78 is 68.4. The van der Waals surface area contributed by atoms with Crippen LogP contribution in [0.4, 0.5) is 34.6 Å². The van der Waals surface area contributed by atoms with Crippen LogP contribution < -0.4 is 15.4 Å². The molecule has 1 fully saturated rings. The lowest BCUT2D eigenvalue weighted by Crippen LogP contribution is -2.18. The van der Waals surface area contributed by atoms with Crippen LogP contribution in [-0.2, 0) is 0 Å². The number of para-hydroxylation sites is 2. The first kappa shape index (κ1) is 26.0. The van der Waals surface area contributed by atoms with Crippen LogP contribution in [0.2, 0.25) is 5.02 Å². The number of rotatable bonds is 8. The number of benzene rings is 3. The molecule has 1 aliphatic rings. The van der Waals surface area contributed by atoms with E-state index in [2.05, 4.69) is 30.7 Å². The smallest absolute Gasteiger partial charge is 0.404 e. The third-order valence-electron chi connectivity index (χ3n) is 6.51. The number of fused-ring (bicyclic) bond motifs is 1. The molecule has 0 amide bonds. The van der Waals surface area contributed by atoms with E-state index in [0.717, 1.165) is 18.9 Å². The van der Waals surface area contributed by atoms with Crippen molar-refractivity contribution in [3.8, 4) is 11.8 Å². The lowest BCUT2D eigenvalue weighted by atomic mass is 10.0. The van der Waals surface area contributed by atoms with Gasteiger partial charge >= 0.3 is 6.36 Å². The first-order chi connectivity index (χ1) is 20.5. The van der Waals surface area contributed by atoms with E-state index in [1.165, 1.54) is 54.7 Å². The van der Waals surface area contributed by atoms with E-state index in [1.807, 2.05) is 6.07 Å². The van der Waals surface area contributed by atoms with Crippen molar-refractivity contribution in [2.75, 3.05) is 10.6 Å². The fourth-order valence-electron chi connectivity index (χ4n) is 4.42. The van der Waals surface area contributed by atoms with Crippen LogP contribution in [0.3, 0.4) is 0 Å². The zero-order valence-corrected chi connectivity index (χ0v) is 22.2. The van der Waals surface area contributed by atoms with Gasteiger partial charge in [-0.05, 0) is 54.8 Å². The molecule has 2 aromatic heterocycles. The zero-order valence-electron chi connectivity index (χ0n) is 22.5. The summed E-state index contributed by atoms with van der Waals surface area (Å²) >= 11 is 6.62. The van der Waals surface area contributed by atoms with Crippen molar-refractivity contribution in [2.24, 2.45) is 0 Å². The maximum atomic E-state index is 13.8. The van der Waals surface area contributed by atoms with Gasteiger partial charge in [-0.3, -0.25) is 4.98 Å². The Hall–Kier alpha value is -4.89. The molecule has 13 heteroatoms. The van der Waals surface area contributed by atoms with Crippen LogP contribution >= 0.6 is 11.6 Å². The van der Waals surface area contributed by atoms with Crippen LogP contribution in [0.1, 0.15) is 43.1 Å². The quantitative estimate of drug-likeness (QED) is 0.178. The lowest BCUT2D eigenvalue weighted by Gasteiger charge is -2.20. The molecular formula is C29H20ClF4N7O. The van der Waals surface area contributed by atoms with Crippen molar-refractivity contribution >= 4 is 39.6 Å². The molecule has 1 unspecified atom stereocenters. The summed E-state index contributed by atoms with van der Waals surface area (Å²) in [4.78, 5) is 4.28. The minimum atomic E-state index is -4.95. The predicted octanol–water partition coefficient (Wildman–Crippen LogP) is 7.67. The number of hydrogen-bond acceptors (Lipinski definition) is 7. The number of anilines is 3. The third-order valence-corrected chi connectivity index (χ3v) is 6.80. The van der Waals surface area contributed by atoms with E-state index < -0.39 is 23.9 Å². The van der Waals surface area contributed by atoms with Gasteiger partial charge in [0, 0.05) is 17.3 Å². The van der Waals surface area contributed by atoms with E-state index in [-0.39, 0.29) is 50.3 Å². The highest BCUT2D eigenvalue weighted by Gasteiger charge is 2.32. The second-order valence-corrected chi connectivity index (χ2v) is 9.91. The maximum Gasteiger partial charge on any atom is 0.573 e. The van der Waals surface area contributed by atoms with E-state index in [4.69, 9.17) is 11.6 Å². The van der Waals surface area contributed by atoms with Gasteiger partial charge in [0.05, 0.1) is 47.1 Å². The molecule has 0 aliphatic heterocycles. The SMILES string of the molecule is [2H]C(Nc1cc(Cl)c2ncc(C#N)c(Nc3ccccc3OC(F)(F)F)c2c1)(c1ccc(F)cc1)c1cn(C2CC2)nn1. The Bertz CT molecular complexity index is 1870. The van der Waals surface area contributed by atoms with Gasteiger partial charge in [0.2, 0.25) is 0 Å². The molecule has 2 N–H and O–H groups in total. The van der Waals surface area contributed by atoms with Crippen LogP contribution in [-0.4, -0.2) is 26.3 Å². The van der Waals surface area contributed by atoms with Crippen LogP contribution in [0.15, 0.2) is 73.1 Å². The Balaban J connectivity index is 1.46. The number of pyridine rings is 1. The molecular weight excluding hydrogens is 574 g/mol. The number of alkyl halides is 3. The second-order valence-electron chi connectivity index (χ2n) is 9.50. The molecule has 0 bridgehead atoms. The van der Waals surface area contributed by atoms with E-state index in [0.29, 0.717) is 5.56 Å². The molecule has 6 rings (SSSR count). The summed E-state index contributed by atoms with van der Waals surface area (Å²) in [5.41, 5.74) is 1.21. The largest absolute Gasteiger partial charge is 0.573 e. The van der Waals surface area contributed by atoms with Gasteiger partial charge in [0.25, 0.3) is 0 Å². The number of hydrogen-bond donors (Lipinski definition) is 2. The minimum Gasteiger partial charge on any atom is -0.404 e. The van der Waals surface area contributed by atoms with Gasteiger partial charge in [-0.15, -0.1) is 18.3 Å². The van der Waals surface area contributed by atoms with E-state index >= 15 is 0 Å². The highest BCUT2D eigenvalue weighted by molar-refractivity contribution is 6.36. The molecule has 8 nitrogen and oxygen atoms in total. The molecule has 2 heterocycles. The van der Waals surface area contributed by atoms with Gasteiger partial charge < -0.3 is 15.4 Å². The van der Waals surface area contributed by atoms with Gasteiger partial charge in [0.15, 0.2) is 5.75 Å². The van der Waals surface area contributed by atoms with Crippen molar-refractivity contribution in [2.45, 2.75) is 31.3 Å². The molecule has 0 spiro atoms. The summed E-state index contributed by atoms with van der Waals surface area (Å²) in [6.45, 7) is 0. The van der Waals surface area contributed by atoms with Gasteiger partial charge in [-0.1, -0.05) is 41.1 Å². The minimum absolute atomic E-state index is 0.0191. The Morgan fingerprint density at radius 1 is 1.14 bits per heavy atom. The summed E-state index contributed by atoms with van der Waals surface area (Å²) in [6, 6.07) is 14.2. The maximum absolute atomic E-state index is 13.8. The van der Waals surface area contributed by atoms with Crippen molar-refractivity contribution in [1.29, 1.82) is 5.26 Å². The number of nitrogens with one attached hydrogen (secondary N) is 2. The number of nitrogens with zero attached hydrogens (tertiary/aromatic N) is 5. The molecule has 42 heavy (non-hydrogen) atoms. The molecule has 5 aromatic rings. The Labute approximate surface area is 242 Å². The average Bonchev–Trinajstić information content (AvgIpc) is 3.69. The lowest BCUT2D eigenvalue weighted by molar-refractivity contribution is -0.274. The van der Waals surface area contributed by atoms with Crippen LogP contribution in [0.5, 0.6) is 5.75 Å². The molecule has 0 radical (unpaired) electrons. The third kappa shape index (κ3) is 5.77. The summed E-state index contributed by atoms with van der Waals surface area (Å²) in [7, 11) is 0. The molecule has 3 aromatic carbocycles. The fourth-order valence-corrected chi connectivity index (χ4v) is 4.69. The first-order valence-electron chi connectivity index (χ1n) is 13.1. The molecule has 0 saturated heterocycles. The average molecular weight is 595 g/mol. The Morgan fingerprint density at radius 3 is 2.62 bits per heavy atom. The van der Waals surface area contributed by atoms with E-state index in [1.54, 1.807) is 16.9 Å². The zero-order chi connectivity index (χ0) is 30.4. The predicted molar refractivity (Wildman–Crippen MR) is 148 cm³/mol. The normalized spacial score (nSPS) is 15.0. The fraction of sp³-hybridized carbons (Fsp3) is 0.172. The molecule has 212 valence electrons. The number of halogens is 5. The Kier molecular flexibility index (Phi) is 6.71. The number of aromatic nitrogens is 4. The standard InChI is InChI=1S/C29H20ClF4N7O/c30-22-12-19(37-27(16-5-7-18(31)8-6-16)24-15-41(40-39-24)20-9-10-20)11-21-26(17(13-35)14-36-28(21)22)38-23-3-1-2-4-25(23)42-29(32,33)34/h1-8,11-12,14-15,20,27,37H,9-10H2,(H,36,38)/i27D. The van der Waals surface area contributed by atoms with Crippen molar-refractivity contribution in [3.63, 3.8) is 0 Å². The van der Waals surface area contributed by atoms with E-state index in [9.17, 15) is 24.2 Å². The topological polar surface area (TPSA) is 101 Å². The van der Waals surface area contributed by atoms with Gasteiger partial charge in [-0.2, -0.15) is 5.26 Å². The molecule has 1 saturated carbocycles. The number of ether oxygens (including phenoxy) is 1. The number of nitriles is 1. The van der Waals surface area contributed by atoms with Crippen molar-refractivity contribution < 1.29 is 23.7 Å². The summed E-state index contributed by atoms with van der Waals surface area (Å²) in [5.74, 6) is -0.994.